The Morgan fingerprint density at radius 1 is 1.31 bits per heavy atom. The van der Waals surface area contributed by atoms with E-state index >= 15 is 0 Å². The predicted molar refractivity (Wildman–Crippen MR) is 93.7 cm³/mol. The van der Waals surface area contributed by atoms with Gasteiger partial charge in [0.05, 0.1) is 13.2 Å². The van der Waals surface area contributed by atoms with Gasteiger partial charge in [-0.1, -0.05) is 6.07 Å². The summed E-state index contributed by atoms with van der Waals surface area (Å²) in [5, 5.41) is 14.7. The molecule has 9 nitrogen and oxygen atoms in total. The number of carbonyl (C=O) groups excluding carboxylic acids is 3. The van der Waals surface area contributed by atoms with Gasteiger partial charge in [0, 0.05) is 6.54 Å². The van der Waals surface area contributed by atoms with Crippen LogP contribution in [0.3, 0.4) is 0 Å². The van der Waals surface area contributed by atoms with Gasteiger partial charge in [0.2, 0.25) is 5.91 Å². The van der Waals surface area contributed by atoms with E-state index in [9.17, 15) is 19.5 Å². The fraction of sp³-hybridized carbons (Fsp3) is 0.471. The first kappa shape index (κ1) is 21.2. The number of ether oxygens (including phenoxy) is 2. The van der Waals surface area contributed by atoms with Crippen LogP contribution in [0, 0.1) is 0 Å². The standard InChI is InChI=1S/C17H25N3O6/c1-5-19-16(24)26-13-9-10(6-7-12(13)21)8-11(18)14(22)20-17(2,3)15(23)25-4/h6-7,9,11,21H,5,8,18H2,1-4H3,(H,19,24)(H,20,22)/t11-/m0/s1. The summed E-state index contributed by atoms with van der Waals surface area (Å²) >= 11 is 0. The lowest BCUT2D eigenvalue weighted by atomic mass is 10.0. The Kier molecular flexibility index (Phi) is 7.39. The molecule has 26 heavy (non-hydrogen) atoms. The molecule has 0 radical (unpaired) electrons. The number of carbonyl (C=O) groups is 3. The molecule has 2 amide bonds. The number of amides is 2. The fourth-order valence-corrected chi connectivity index (χ4v) is 2.10. The van der Waals surface area contributed by atoms with Gasteiger partial charge in [-0.3, -0.25) is 4.79 Å². The molecule has 0 spiro atoms. The van der Waals surface area contributed by atoms with Crippen LogP contribution in [0.15, 0.2) is 18.2 Å². The minimum Gasteiger partial charge on any atom is -0.504 e. The van der Waals surface area contributed by atoms with Crippen molar-refractivity contribution in [2.45, 2.75) is 38.8 Å². The van der Waals surface area contributed by atoms with Crippen molar-refractivity contribution in [2.75, 3.05) is 13.7 Å². The van der Waals surface area contributed by atoms with Crippen LogP contribution in [-0.4, -0.2) is 48.3 Å². The van der Waals surface area contributed by atoms with Gasteiger partial charge in [-0.05, 0) is 44.9 Å². The largest absolute Gasteiger partial charge is 0.504 e. The van der Waals surface area contributed by atoms with Gasteiger partial charge < -0.3 is 30.9 Å². The van der Waals surface area contributed by atoms with Crippen LogP contribution in [0.1, 0.15) is 26.3 Å². The highest BCUT2D eigenvalue weighted by Crippen LogP contribution is 2.27. The summed E-state index contributed by atoms with van der Waals surface area (Å²) in [4.78, 5) is 35.3. The van der Waals surface area contributed by atoms with Gasteiger partial charge >= 0.3 is 12.1 Å². The quantitative estimate of drug-likeness (QED) is 0.513. The smallest absolute Gasteiger partial charge is 0.412 e. The maximum Gasteiger partial charge on any atom is 0.412 e. The lowest BCUT2D eigenvalue weighted by Crippen LogP contribution is -2.55. The maximum atomic E-state index is 12.2. The van der Waals surface area contributed by atoms with E-state index in [0.29, 0.717) is 12.1 Å². The van der Waals surface area contributed by atoms with Crippen molar-refractivity contribution in [3.63, 3.8) is 0 Å². The molecule has 0 unspecified atom stereocenters. The highest BCUT2D eigenvalue weighted by molar-refractivity contribution is 5.89. The summed E-state index contributed by atoms with van der Waals surface area (Å²) in [6.07, 6.45) is -0.600. The fourth-order valence-electron chi connectivity index (χ4n) is 2.10. The van der Waals surface area contributed by atoms with Crippen molar-refractivity contribution in [3.8, 4) is 11.5 Å². The summed E-state index contributed by atoms with van der Waals surface area (Å²) in [6.45, 7) is 5.11. The summed E-state index contributed by atoms with van der Waals surface area (Å²) in [5.41, 5.74) is 5.24. The summed E-state index contributed by atoms with van der Waals surface area (Å²) in [6, 6.07) is 3.36. The third-order valence-electron chi connectivity index (χ3n) is 3.47. The molecule has 5 N–H and O–H groups in total. The highest BCUT2D eigenvalue weighted by Gasteiger charge is 2.32. The Bertz CT molecular complexity index is 674. The predicted octanol–water partition coefficient (Wildman–Crippen LogP) is 0.438. The van der Waals surface area contributed by atoms with Crippen LogP contribution < -0.4 is 21.1 Å². The molecule has 0 saturated heterocycles. The van der Waals surface area contributed by atoms with Gasteiger partial charge in [0.15, 0.2) is 11.5 Å². The molecule has 144 valence electrons. The van der Waals surface area contributed by atoms with Crippen molar-refractivity contribution in [1.82, 2.24) is 10.6 Å². The van der Waals surface area contributed by atoms with E-state index in [1.807, 2.05) is 0 Å². The van der Waals surface area contributed by atoms with Crippen LogP contribution in [0.4, 0.5) is 4.79 Å². The molecule has 9 heteroatoms. The zero-order valence-corrected chi connectivity index (χ0v) is 15.3. The Labute approximate surface area is 151 Å². The van der Waals surface area contributed by atoms with E-state index in [0.717, 1.165) is 0 Å². The molecule has 0 aromatic heterocycles. The topological polar surface area (TPSA) is 140 Å². The Morgan fingerprint density at radius 3 is 2.54 bits per heavy atom. The minimum atomic E-state index is -1.22. The zero-order valence-electron chi connectivity index (χ0n) is 15.3. The SMILES string of the molecule is CCNC(=O)Oc1cc(C[C@H](N)C(=O)NC(C)(C)C(=O)OC)ccc1O. The second-order valence-corrected chi connectivity index (χ2v) is 6.14. The molecule has 1 aromatic carbocycles. The first-order valence-corrected chi connectivity index (χ1v) is 8.04. The minimum absolute atomic E-state index is 0.0454. The van der Waals surface area contributed by atoms with E-state index in [1.54, 1.807) is 13.0 Å². The van der Waals surface area contributed by atoms with Gasteiger partial charge in [-0.25, -0.2) is 9.59 Å². The van der Waals surface area contributed by atoms with Gasteiger partial charge in [-0.2, -0.15) is 0 Å². The molecule has 1 atom stereocenters. The Hall–Kier alpha value is -2.81. The number of phenolic OH excluding ortho intramolecular Hbond substituents is 1. The van der Waals surface area contributed by atoms with Crippen molar-refractivity contribution < 1.29 is 29.0 Å². The molecule has 0 aliphatic rings. The molecular weight excluding hydrogens is 342 g/mol. The molecule has 1 rings (SSSR count). The highest BCUT2D eigenvalue weighted by atomic mass is 16.6. The van der Waals surface area contributed by atoms with Crippen LogP contribution in [0.25, 0.3) is 0 Å². The summed E-state index contributed by atoms with van der Waals surface area (Å²) in [7, 11) is 1.23. The van der Waals surface area contributed by atoms with E-state index in [-0.39, 0.29) is 17.9 Å². The molecule has 0 bridgehead atoms. The van der Waals surface area contributed by atoms with E-state index in [2.05, 4.69) is 15.4 Å². The number of phenols is 1. The number of rotatable bonds is 7. The zero-order chi connectivity index (χ0) is 19.9. The molecule has 1 aromatic rings. The van der Waals surface area contributed by atoms with Gasteiger partial charge in [0.1, 0.15) is 5.54 Å². The second kappa shape index (κ2) is 9.04. The lowest BCUT2D eigenvalue weighted by molar-refractivity contribution is -0.149. The number of nitrogens with two attached hydrogens (primary N) is 1. The molecular formula is C17H25N3O6. The van der Waals surface area contributed by atoms with Gasteiger partial charge in [0.25, 0.3) is 0 Å². The first-order valence-electron chi connectivity index (χ1n) is 8.04. The average molecular weight is 367 g/mol. The van der Waals surface area contributed by atoms with E-state index in [1.165, 1.54) is 33.1 Å². The Balaban J connectivity index is 2.80. The first-order chi connectivity index (χ1) is 12.1. The number of aromatic hydroxyl groups is 1. The van der Waals surface area contributed by atoms with Crippen LogP contribution in [0.2, 0.25) is 0 Å². The summed E-state index contributed by atoms with van der Waals surface area (Å²) < 4.78 is 9.62. The van der Waals surface area contributed by atoms with Crippen molar-refractivity contribution >= 4 is 18.0 Å². The number of nitrogens with one attached hydrogen (secondary N) is 2. The van der Waals surface area contributed by atoms with Crippen molar-refractivity contribution in [3.05, 3.63) is 23.8 Å². The van der Waals surface area contributed by atoms with E-state index < -0.39 is 29.6 Å². The average Bonchev–Trinajstić information content (AvgIpc) is 2.56. The van der Waals surface area contributed by atoms with Crippen molar-refractivity contribution in [2.24, 2.45) is 5.73 Å². The molecule has 0 aliphatic carbocycles. The van der Waals surface area contributed by atoms with Crippen LogP contribution in [-0.2, 0) is 20.7 Å². The number of benzene rings is 1. The maximum absolute atomic E-state index is 12.2. The molecule has 0 saturated carbocycles. The monoisotopic (exact) mass is 367 g/mol. The van der Waals surface area contributed by atoms with Gasteiger partial charge in [-0.15, -0.1) is 0 Å². The third kappa shape index (κ3) is 5.92. The Morgan fingerprint density at radius 2 is 1.96 bits per heavy atom. The second-order valence-electron chi connectivity index (χ2n) is 6.14. The molecule has 0 heterocycles. The van der Waals surface area contributed by atoms with Crippen molar-refractivity contribution in [1.29, 1.82) is 0 Å². The molecule has 0 fully saturated rings. The van der Waals surface area contributed by atoms with E-state index in [4.69, 9.17) is 10.5 Å². The third-order valence-corrected chi connectivity index (χ3v) is 3.47. The summed E-state index contributed by atoms with van der Waals surface area (Å²) in [5.74, 6) is -1.40. The van der Waals surface area contributed by atoms with Crippen LogP contribution in [0.5, 0.6) is 11.5 Å². The number of hydrogen-bond acceptors (Lipinski definition) is 7. The number of methoxy groups -OCH3 is 1. The molecule has 0 aliphatic heterocycles. The number of hydrogen-bond donors (Lipinski definition) is 4. The number of esters is 1. The lowest BCUT2D eigenvalue weighted by Gasteiger charge is -2.25. The normalized spacial score (nSPS) is 12.0. The van der Waals surface area contributed by atoms with Crippen LogP contribution >= 0.6 is 0 Å².